The molecule has 0 saturated carbocycles. The van der Waals surface area contributed by atoms with Crippen LogP contribution in [-0.2, 0) is 9.53 Å². The topological polar surface area (TPSA) is 75.6 Å². The Labute approximate surface area is 122 Å². The maximum atomic E-state index is 11.7. The number of nitrogens with one attached hydrogen (secondary N) is 1. The second kappa shape index (κ2) is 7.50. The van der Waals surface area contributed by atoms with Gasteiger partial charge in [0.25, 0.3) is 0 Å². The SMILES string of the molecule is CCCCC(CNC(=O)OC(C)(C)C)(C(=O)O)C(C)C. The molecule has 118 valence electrons. The normalized spacial score (nSPS) is 14.8. The summed E-state index contributed by atoms with van der Waals surface area (Å²) in [5.74, 6) is -0.932. The predicted molar refractivity (Wildman–Crippen MR) is 78.7 cm³/mol. The first-order valence-corrected chi connectivity index (χ1v) is 7.25. The van der Waals surface area contributed by atoms with E-state index in [1.54, 1.807) is 20.8 Å². The summed E-state index contributed by atoms with van der Waals surface area (Å²) in [6.45, 7) is 11.2. The van der Waals surface area contributed by atoms with E-state index in [0.717, 1.165) is 12.8 Å². The number of alkyl carbamates (subject to hydrolysis) is 1. The summed E-state index contributed by atoms with van der Waals surface area (Å²) in [5.41, 5.74) is -1.52. The van der Waals surface area contributed by atoms with E-state index < -0.39 is 23.1 Å². The smallest absolute Gasteiger partial charge is 0.407 e. The van der Waals surface area contributed by atoms with Crippen molar-refractivity contribution in [2.75, 3.05) is 6.54 Å². The number of hydrogen-bond donors (Lipinski definition) is 2. The fourth-order valence-electron chi connectivity index (χ4n) is 2.05. The molecule has 20 heavy (non-hydrogen) atoms. The summed E-state index contributed by atoms with van der Waals surface area (Å²) in [7, 11) is 0. The molecule has 0 bridgehead atoms. The number of amides is 1. The van der Waals surface area contributed by atoms with Crippen LogP contribution in [0.4, 0.5) is 4.79 Å². The number of unbranched alkanes of at least 4 members (excludes halogenated alkanes) is 1. The Hall–Kier alpha value is -1.26. The van der Waals surface area contributed by atoms with Crippen molar-refractivity contribution in [2.24, 2.45) is 11.3 Å². The molecule has 1 amide bonds. The highest BCUT2D eigenvalue weighted by Gasteiger charge is 2.41. The van der Waals surface area contributed by atoms with Crippen LogP contribution in [-0.4, -0.2) is 29.3 Å². The maximum absolute atomic E-state index is 11.7. The van der Waals surface area contributed by atoms with E-state index in [1.165, 1.54) is 0 Å². The van der Waals surface area contributed by atoms with Gasteiger partial charge >= 0.3 is 12.1 Å². The van der Waals surface area contributed by atoms with Gasteiger partial charge in [0.2, 0.25) is 0 Å². The van der Waals surface area contributed by atoms with Gasteiger partial charge in [-0.1, -0.05) is 33.6 Å². The molecule has 1 unspecified atom stereocenters. The molecule has 0 aliphatic carbocycles. The average Bonchev–Trinajstić information content (AvgIpc) is 2.26. The predicted octanol–water partition coefficient (Wildman–Crippen LogP) is 3.43. The molecule has 0 spiro atoms. The van der Waals surface area contributed by atoms with Gasteiger partial charge in [0.15, 0.2) is 0 Å². The Balaban J connectivity index is 4.81. The van der Waals surface area contributed by atoms with Crippen LogP contribution in [0.15, 0.2) is 0 Å². The van der Waals surface area contributed by atoms with Crippen molar-refractivity contribution in [1.82, 2.24) is 5.32 Å². The van der Waals surface area contributed by atoms with E-state index in [-0.39, 0.29) is 12.5 Å². The molecule has 0 aliphatic heterocycles. The molecule has 2 N–H and O–H groups in total. The molecule has 5 nitrogen and oxygen atoms in total. The lowest BCUT2D eigenvalue weighted by Gasteiger charge is -2.34. The van der Waals surface area contributed by atoms with E-state index in [9.17, 15) is 14.7 Å². The number of aliphatic carboxylic acids is 1. The largest absolute Gasteiger partial charge is 0.481 e. The molecule has 0 aromatic rings. The number of carboxylic acids is 1. The Morgan fingerprint density at radius 3 is 2.15 bits per heavy atom. The van der Waals surface area contributed by atoms with Crippen LogP contribution in [0, 0.1) is 11.3 Å². The zero-order chi connectivity index (χ0) is 16.0. The van der Waals surface area contributed by atoms with Gasteiger partial charge in [0, 0.05) is 6.54 Å². The highest BCUT2D eigenvalue weighted by Crippen LogP contribution is 2.33. The van der Waals surface area contributed by atoms with Crippen molar-refractivity contribution in [3.05, 3.63) is 0 Å². The quantitative estimate of drug-likeness (QED) is 0.752. The monoisotopic (exact) mass is 287 g/mol. The Morgan fingerprint density at radius 1 is 1.25 bits per heavy atom. The van der Waals surface area contributed by atoms with Crippen molar-refractivity contribution >= 4 is 12.1 Å². The van der Waals surface area contributed by atoms with E-state index in [2.05, 4.69) is 5.32 Å². The lowest BCUT2D eigenvalue weighted by atomic mass is 9.73. The van der Waals surface area contributed by atoms with Crippen LogP contribution in [0.5, 0.6) is 0 Å². The second-order valence-corrected chi connectivity index (χ2v) is 6.57. The summed E-state index contributed by atoms with van der Waals surface area (Å²) in [6.07, 6.45) is 1.72. The molecular formula is C15H29NO4. The summed E-state index contributed by atoms with van der Waals surface area (Å²) in [4.78, 5) is 23.4. The molecule has 0 aromatic carbocycles. The zero-order valence-corrected chi connectivity index (χ0v) is 13.6. The van der Waals surface area contributed by atoms with Crippen LogP contribution in [0.25, 0.3) is 0 Å². The summed E-state index contributed by atoms with van der Waals surface area (Å²) >= 11 is 0. The Morgan fingerprint density at radius 2 is 1.80 bits per heavy atom. The molecule has 0 fully saturated rings. The van der Waals surface area contributed by atoms with Gasteiger partial charge in [0.05, 0.1) is 5.41 Å². The van der Waals surface area contributed by atoms with E-state index in [0.29, 0.717) is 6.42 Å². The Bertz CT molecular complexity index is 333. The summed E-state index contributed by atoms with van der Waals surface area (Å²) < 4.78 is 5.15. The highest BCUT2D eigenvalue weighted by atomic mass is 16.6. The van der Waals surface area contributed by atoms with Gasteiger partial charge < -0.3 is 15.2 Å². The van der Waals surface area contributed by atoms with Crippen molar-refractivity contribution < 1.29 is 19.4 Å². The molecule has 0 aliphatic rings. The van der Waals surface area contributed by atoms with Crippen molar-refractivity contribution in [3.8, 4) is 0 Å². The molecular weight excluding hydrogens is 258 g/mol. The Kier molecular flexibility index (Phi) is 7.03. The number of hydrogen-bond acceptors (Lipinski definition) is 3. The van der Waals surface area contributed by atoms with Gasteiger partial charge in [-0.05, 0) is 33.1 Å². The third-order valence-corrected chi connectivity index (χ3v) is 3.45. The number of carbonyl (C=O) groups excluding carboxylic acids is 1. The van der Waals surface area contributed by atoms with Crippen LogP contribution in [0.3, 0.4) is 0 Å². The summed E-state index contributed by atoms with van der Waals surface area (Å²) in [6, 6.07) is 0. The van der Waals surface area contributed by atoms with Gasteiger partial charge in [-0.25, -0.2) is 4.79 Å². The summed E-state index contributed by atoms with van der Waals surface area (Å²) in [5, 5.41) is 12.2. The third-order valence-electron chi connectivity index (χ3n) is 3.45. The van der Waals surface area contributed by atoms with Crippen molar-refractivity contribution in [3.63, 3.8) is 0 Å². The standard InChI is InChI=1S/C15H29NO4/c1-7-8-9-15(11(2)3,12(17)18)10-16-13(19)20-14(4,5)6/h11H,7-10H2,1-6H3,(H,16,19)(H,17,18). The lowest BCUT2D eigenvalue weighted by Crippen LogP contribution is -2.47. The van der Waals surface area contributed by atoms with Crippen LogP contribution in [0.2, 0.25) is 0 Å². The zero-order valence-electron chi connectivity index (χ0n) is 13.6. The van der Waals surface area contributed by atoms with E-state index >= 15 is 0 Å². The molecule has 0 saturated heterocycles. The molecule has 0 radical (unpaired) electrons. The fourth-order valence-corrected chi connectivity index (χ4v) is 2.05. The first kappa shape index (κ1) is 18.7. The number of carboxylic acid groups (broad SMARTS) is 1. The first-order valence-electron chi connectivity index (χ1n) is 7.25. The third kappa shape index (κ3) is 5.80. The molecule has 0 heterocycles. The van der Waals surface area contributed by atoms with E-state index in [4.69, 9.17) is 4.74 Å². The van der Waals surface area contributed by atoms with Gasteiger partial charge in [-0.2, -0.15) is 0 Å². The maximum Gasteiger partial charge on any atom is 0.407 e. The lowest BCUT2D eigenvalue weighted by molar-refractivity contribution is -0.152. The molecule has 1 atom stereocenters. The van der Waals surface area contributed by atoms with Crippen molar-refractivity contribution in [2.45, 2.75) is 66.4 Å². The average molecular weight is 287 g/mol. The fraction of sp³-hybridized carbons (Fsp3) is 0.867. The minimum Gasteiger partial charge on any atom is -0.481 e. The van der Waals surface area contributed by atoms with Gasteiger partial charge in [-0.3, -0.25) is 4.79 Å². The number of ether oxygens (including phenoxy) is 1. The molecule has 5 heteroatoms. The van der Waals surface area contributed by atoms with Gasteiger partial charge in [-0.15, -0.1) is 0 Å². The minimum atomic E-state index is -0.938. The van der Waals surface area contributed by atoms with Crippen LogP contribution >= 0.6 is 0 Å². The van der Waals surface area contributed by atoms with Crippen molar-refractivity contribution in [1.29, 1.82) is 0 Å². The van der Waals surface area contributed by atoms with Crippen LogP contribution in [0.1, 0.15) is 60.8 Å². The number of carbonyl (C=O) groups is 2. The highest BCUT2D eigenvalue weighted by molar-refractivity contribution is 5.76. The van der Waals surface area contributed by atoms with Crippen LogP contribution < -0.4 is 5.32 Å². The molecule has 0 rings (SSSR count). The minimum absolute atomic E-state index is 0.0681. The first-order chi connectivity index (χ1) is 9.05. The second-order valence-electron chi connectivity index (χ2n) is 6.57. The number of rotatable bonds is 7. The van der Waals surface area contributed by atoms with E-state index in [1.807, 2.05) is 20.8 Å². The molecule has 0 aromatic heterocycles. The van der Waals surface area contributed by atoms with Gasteiger partial charge in [0.1, 0.15) is 5.60 Å².